The number of halogens is 1. The number of hydrogen-bond donors (Lipinski definition) is 1. The van der Waals surface area contributed by atoms with E-state index in [1.54, 1.807) is 0 Å². The molecule has 4 rings (SSSR count). The molecule has 7 nitrogen and oxygen atoms in total. The van der Waals surface area contributed by atoms with Crippen LogP contribution in [0.25, 0.3) is 0 Å². The number of hydrogen-bond acceptors (Lipinski definition) is 6. The molecule has 0 aliphatic rings. The maximum atomic E-state index is 6.21. The van der Waals surface area contributed by atoms with Crippen molar-refractivity contribution in [3.05, 3.63) is 70.1 Å². The van der Waals surface area contributed by atoms with Crippen molar-refractivity contribution in [2.24, 2.45) is 0 Å². The lowest BCUT2D eigenvalue weighted by molar-refractivity contribution is 0.557. The first-order valence-electron chi connectivity index (χ1n) is 8.46. The van der Waals surface area contributed by atoms with Crippen LogP contribution in [0.2, 0.25) is 5.02 Å². The molecule has 0 amide bonds. The van der Waals surface area contributed by atoms with Gasteiger partial charge in [-0.25, -0.2) is 0 Å². The van der Waals surface area contributed by atoms with Crippen molar-refractivity contribution in [1.29, 1.82) is 0 Å². The van der Waals surface area contributed by atoms with Gasteiger partial charge in [-0.1, -0.05) is 41.1 Å². The van der Waals surface area contributed by atoms with Gasteiger partial charge in [-0.15, -0.1) is 10.2 Å². The number of anilines is 2. The van der Waals surface area contributed by atoms with Crippen LogP contribution in [0, 0.1) is 6.92 Å². The van der Waals surface area contributed by atoms with Gasteiger partial charge in [0.25, 0.3) is 0 Å². The third-order valence-electron chi connectivity index (χ3n) is 4.09. The highest BCUT2D eigenvalue weighted by atomic mass is 35.5. The number of benzene rings is 1. The van der Waals surface area contributed by atoms with Crippen molar-refractivity contribution in [3.63, 3.8) is 0 Å². The van der Waals surface area contributed by atoms with Crippen LogP contribution in [0.3, 0.4) is 0 Å². The van der Waals surface area contributed by atoms with E-state index in [-0.39, 0.29) is 6.04 Å². The van der Waals surface area contributed by atoms with E-state index in [0.29, 0.717) is 17.5 Å². The van der Waals surface area contributed by atoms with Crippen LogP contribution >= 0.6 is 22.9 Å². The van der Waals surface area contributed by atoms with E-state index in [9.17, 15) is 0 Å². The second-order valence-corrected chi connectivity index (χ2v) is 7.65. The first kappa shape index (κ1) is 17.7. The fourth-order valence-electron chi connectivity index (χ4n) is 2.64. The van der Waals surface area contributed by atoms with E-state index >= 15 is 0 Å². The zero-order chi connectivity index (χ0) is 18.8. The molecule has 3 heterocycles. The number of aryl methyl sites for hydroxylation is 1. The average molecular weight is 400 g/mol. The molecule has 27 heavy (non-hydrogen) atoms. The Balaban J connectivity index is 1.44. The molecule has 0 fully saturated rings. The van der Waals surface area contributed by atoms with Crippen molar-refractivity contribution < 1.29 is 0 Å². The quantitative estimate of drug-likeness (QED) is 0.523. The van der Waals surface area contributed by atoms with Gasteiger partial charge in [-0.3, -0.25) is 9.36 Å². The third-order valence-corrected chi connectivity index (χ3v) is 5.47. The normalized spacial score (nSPS) is 12.3. The van der Waals surface area contributed by atoms with E-state index < -0.39 is 0 Å². The van der Waals surface area contributed by atoms with Gasteiger partial charge >= 0.3 is 0 Å². The monoisotopic (exact) mass is 399 g/mol. The molecule has 4 aromatic rings. The molecule has 0 unspecified atom stereocenters. The first-order chi connectivity index (χ1) is 13.1. The summed E-state index contributed by atoms with van der Waals surface area (Å²) in [5, 5.41) is 22.9. The molecule has 3 aromatic heterocycles. The Hall–Kier alpha value is -2.71. The highest BCUT2D eigenvalue weighted by Crippen LogP contribution is 2.26. The molecule has 0 saturated heterocycles. The lowest BCUT2D eigenvalue weighted by Gasteiger charge is -2.07. The minimum atomic E-state index is 0.0320. The van der Waals surface area contributed by atoms with Crippen LogP contribution in [-0.4, -0.2) is 29.8 Å². The van der Waals surface area contributed by atoms with Crippen molar-refractivity contribution in [1.82, 2.24) is 29.8 Å². The summed E-state index contributed by atoms with van der Waals surface area (Å²) < 4.78 is 3.72. The van der Waals surface area contributed by atoms with E-state index in [4.69, 9.17) is 11.6 Å². The van der Waals surface area contributed by atoms with Gasteiger partial charge in [0.1, 0.15) is 11.0 Å². The Morgan fingerprint density at radius 2 is 2.07 bits per heavy atom. The molecule has 1 aromatic carbocycles. The summed E-state index contributed by atoms with van der Waals surface area (Å²) in [6.07, 6.45) is 5.74. The fraction of sp³-hybridized carbons (Fsp3) is 0.222. The molecule has 0 radical (unpaired) electrons. The molecule has 138 valence electrons. The van der Waals surface area contributed by atoms with Gasteiger partial charge < -0.3 is 5.32 Å². The molecule has 0 aliphatic carbocycles. The minimum absolute atomic E-state index is 0.0320. The molecular weight excluding hydrogens is 382 g/mol. The Morgan fingerprint density at radius 1 is 1.22 bits per heavy atom. The third kappa shape index (κ3) is 4.01. The van der Waals surface area contributed by atoms with Crippen LogP contribution in [0.4, 0.5) is 10.9 Å². The maximum absolute atomic E-state index is 6.21. The Bertz CT molecular complexity index is 1050. The second kappa shape index (κ2) is 7.50. The Morgan fingerprint density at radius 3 is 2.85 bits per heavy atom. The molecule has 9 heteroatoms. The van der Waals surface area contributed by atoms with E-state index in [2.05, 4.69) is 32.6 Å². The van der Waals surface area contributed by atoms with Gasteiger partial charge in [-0.05, 0) is 31.0 Å². The van der Waals surface area contributed by atoms with Gasteiger partial charge in [0.15, 0.2) is 5.82 Å². The van der Waals surface area contributed by atoms with Crippen LogP contribution in [0.15, 0.2) is 48.9 Å². The van der Waals surface area contributed by atoms with Gasteiger partial charge in [0.05, 0.1) is 12.7 Å². The molecule has 0 bridgehead atoms. The summed E-state index contributed by atoms with van der Waals surface area (Å²) in [5.41, 5.74) is 2.14. The second-order valence-electron chi connectivity index (χ2n) is 6.23. The standard InChI is InChI=1S/C18H18ClN7S/c1-12-9-20-26(10-12)13(2)17-22-23-18(27-17)21-16-7-8-25(24-16)11-14-5-3-4-6-15(14)19/h3-10,13H,11H2,1-2H3,(H,21,23,24)/t13-/m0/s1. The van der Waals surface area contributed by atoms with Gasteiger partial charge in [-0.2, -0.15) is 10.2 Å². The summed E-state index contributed by atoms with van der Waals surface area (Å²) in [6.45, 7) is 4.68. The average Bonchev–Trinajstić information content (AvgIpc) is 3.39. The van der Waals surface area contributed by atoms with E-state index in [1.165, 1.54) is 11.3 Å². The zero-order valence-electron chi connectivity index (χ0n) is 14.9. The number of rotatable bonds is 6. The van der Waals surface area contributed by atoms with Crippen molar-refractivity contribution in [3.8, 4) is 0 Å². The van der Waals surface area contributed by atoms with Crippen LogP contribution in [0.1, 0.15) is 29.1 Å². The van der Waals surface area contributed by atoms with Crippen LogP contribution in [-0.2, 0) is 6.54 Å². The van der Waals surface area contributed by atoms with E-state index in [1.807, 2.05) is 65.2 Å². The highest BCUT2D eigenvalue weighted by molar-refractivity contribution is 7.15. The van der Waals surface area contributed by atoms with Gasteiger partial charge in [0, 0.05) is 23.5 Å². The molecular formula is C18H18ClN7S. The van der Waals surface area contributed by atoms with Crippen molar-refractivity contribution in [2.75, 3.05) is 5.32 Å². The fourth-order valence-corrected chi connectivity index (χ4v) is 3.63. The maximum Gasteiger partial charge on any atom is 0.211 e. The van der Waals surface area contributed by atoms with Crippen molar-refractivity contribution in [2.45, 2.75) is 26.4 Å². The smallest absolute Gasteiger partial charge is 0.211 e. The number of aromatic nitrogens is 6. The van der Waals surface area contributed by atoms with Crippen LogP contribution in [0.5, 0.6) is 0 Å². The predicted molar refractivity (Wildman–Crippen MR) is 107 cm³/mol. The highest BCUT2D eigenvalue weighted by Gasteiger charge is 2.15. The zero-order valence-corrected chi connectivity index (χ0v) is 16.4. The molecule has 0 spiro atoms. The van der Waals surface area contributed by atoms with E-state index in [0.717, 1.165) is 21.2 Å². The molecule has 1 atom stereocenters. The minimum Gasteiger partial charge on any atom is -0.313 e. The summed E-state index contributed by atoms with van der Waals surface area (Å²) in [5.74, 6) is 0.715. The SMILES string of the molecule is Cc1cnn([C@@H](C)c2nnc(Nc3ccn(Cc4ccccc4Cl)n3)s2)c1. The topological polar surface area (TPSA) is 73.5 Å². The molecule has 0 saturated carbocycles. The van der Waals surface area contributed by atoms with Gasteiger partial charge in [0.2, 0.25) is 5.13 Å². The predicted octanol–water partition coefficient (Wildman–Crippen LogP) is 4.29. The Labute approximate surface area is 165 Å². The first-order valence-corrected chi connectivity index (χ1v) is 9.66. The molecule has 0 aliphatic heterocycles. The summed E-state index contributed by atoms with van der Waals surface area (Å²) in [6, 6.07) is 9.69. The van der Waals surface area contributed by atoms with Crippen molar-refractivity contribution >= 4 is 33.9 Å². The lowest BCUT2D eigenvalue weighted by Crippen LogP contribution is -2.06. The number of nitrogens with one attached hydrogen (secondary N) is 1. The summed E-state index contributed by atoms with van der Waals surface area (Å²) >= 11 is 7.71. The Kier molecular flexibility index (Phi) is 4.91. The summed E-state index contributed by atoms with van der Waals surface area (Å²) in [4.78, 5) is 0. The largest absolute Gasteiger partial charge is 0.313 e. The lowest BCUT2D eigenvalue weighted by atomic mass is 10.2. The van der Waals surface area contributed by atoms with Crippen LogP contribution < -0.4 is 5.32 Å². The molecule has 1 N–H and O–H groups in total. The number of nitrogens with zero attached hydrogens (tertiary/aromatic N) is 6. The summed E-state index contributed by atoms with van der Waals surface area (Å²) in [7, 11) is 0.